The molecule has 25 heavy (non-hydrogen) atoms. The molecule has 0 aromatic heterocycles. The Labute approximate surface area is 148 Å². The first-order valence-corrected chi connectivity index (χ1v) is 9.14. The van der Waals surface area contributed by atoms with Gasteiger partial charge >= 0.3 is 0 Å². The average molecular weight is 345 g/mol. The maximum atomic E-state index is 12.3. The van der Waals surface area contributed by atoms with Gasteiger partial charge in [-0.15, -0.1) is 0 Å². The van der Waals surface area contributed by atoms with Crippen LogP contribution < -0.4 is 11.1 Å². The normalized spacial score (nSPS) is 26.5. The van der Waals surface area contributed by atoms with Gasteiger partial charge in [0.05, 0.1) is 6.10 Å². The van der Waals surface area contributed by atoms with E-state index in [2.05, 4.69) is 5.32 Å². The monoisotopic (exact) mass is 345 g/mol. The maximum absolute atomic E-state index is 12.3. The van der Waals surface area contributed by atoms with Gasteiger partial charge in [0.2, 0.25) is 5.91 Å². The van der Waals surface area contributed by atoms with E-state index in [1.54, 1.807) is 0 Å². The van der Waals surface area contributed by atoms with Crippen LogP contribution in [-0.2, 0) is 11.3 Å². The van der Waals surface area contributed by atoms with Crippen molar-refractivity contribution in [2.45, 2.75) is 50.8 Å². The van der Waals surface area contributed by atoms with E-state index in [0.29, 0.717) is 31.4 Å². The molecule has 2 amide bonds. The summed E-state index contributed by atoms with van der Waals surface area (Å²) in [7, 11) is 0. The third-order valence-corrected chi connectivity index (χ3v) is 5.30. The number of benzene rings is 1. The molecule has 2 fully saturated rings. The van der Waals surface area contributed by atoms with Crippen LogP contribution in [-0.4, -0.2) is 47.1 Å². The van der Waals surface area contributed by atoms with Crippen LogP contribution in [0.5, 0.6) is 0 Å². The van der Waals surface area contributed by atoms with Crippen molar-refractivity contribution in [3.63, 3.8) is 0 Å². The number of likely N-dealkylation sites (tertiary alicyclic amines) is 1. The number of carbonyl (C=O) groups is 2. The molecule has 136 valence electrons. The topological polar surface area (TPSA) is 95.7 Å². The van der Waals surface area contributed by atoms with Crippen molar-refractivity contribution in [2.24, 2.45) is 11.7 Å². The average Bonchev–Trinajstić information content (AvgIpc) is 3.16. The van der Waals surface area contributed by atoms with E-state index in [1.807, 2.05) is 29.2 Å². The maximum Gasteiger partial charge on any atom is 0.253 e. The molecule has 0 bridgehead atoms. The lowest BCUT2D eigenvalue weighted by atomic mass is 9.84. The van der Waals surface area contributed by atoms with Crippen LogP contribution in [0.4, 0.5) is 0 Å². The van der Waals surface area contributed by atoms with Crippen molar-refractivity contribution in [1.82, 2.24) is 10.2 Å². The second-order valence-corrected chi connectivity index (χ2v) is 7.16. The molecule has 1 aromatic carbocycles. The zero-order chi connectivity index (χ0) is 17.8. The molecule has 1 heterocycles. The van der Waals surface area contributed by atoms with Crippen molar-refractivity contribution in [3.8, 4) is 0 Å². The number of hydrogen-bond donors (Lipinski definition) is 3. The van der Waals surface area contributed by atoms with E-state index in [4.69, 9.17) is 5.73 Å². The molecule has 1 aliphatic heterocycles. The van der Waals surface area contributed by atoms with Crippen molar-refractivity contribution in [1.29, 1.82) is 0 Å². The van der Waals surface area contributed by atoms with Crippen LogP contribution >= 0.6 is 0 Å². The number of nitrogens with zero attached hydrogens (tertiary/aromatic N) is 1. The Kier molecular flexibility index (Phi) is 5.71. The smallest absolute Gasteiger partial charge is 0.253 e. The molecule has 0 unspecified atom stereocenters. The predicted molar refractivity (Wildman–Crippen MR) is 94.7 cm³/mol. The Balaban J connectivity index is 1.50. The van der Waals surface area contributed by atoms with Gasteiger partial charge in [0, 0.05) is 37.2 Å². The quantitative estimate of drug-likeness (QED) is 0.759. The van der Waals surface area contributed by atoms with E-state index in [-0.39, 0.29) is 23.8 Å². The number of aliphatic hydroxyl groups is 1. The summed E-state index contributed by atoms with van der Waals surface area (Å²) >= 11 is 0. The third kappa shape index (κ3) is 4.38. The van der Waals surface area contributed by atoms with Gasteiger partial charge in [0.25, 0.3) is 5.91 Å². The van der Waals surface area contributed by atoms with Gasteiger partial charge in [-0.3, -0.25) is 9.59 Å². The summed E-state index contributed by atoms with van der Waals surface area (Å²) in [6.45, 7) is 2.11. The summed E-state index contributed by atoms with van der Waals surface area (Å²) in [6.07, 6.45) is 3.38. The van der Waals surface area contributed by atoms with E-state index < -0.39 is 6.10 Å². The van der Waals surface area contributed by atoms with Crippen LogP contribution in [0.25, 0.3) is 0 Å². The van der Waals surface area contributed by atoms with Gasteiger partial charge in [0.15, 0.2) is 0 Å². The Morgan fingerprint density at radius 3 is 2.48 bits per heavy atom. The van der Waals surface area contributed by atoms with Gasteiger partial charge in [-0.25, -0.2) is 0 Å². The van der Waals surface area contributed by atoms with Crippen LogP contribution in [0.2, 0.25) is 0 Å². The Morgan fingerprint density at radius 2 is 1.84 bits per heavy atom. The van der Waals surface area contributed by atoms with Crippen LogP contribution in [0.15, 0.2) is 24.3 Å². The summed E-state index contributed by atoms with van der Waals surface area (Å²) in [5.41, 5.74) is 7.43. The highest BCUT2D eigenvalue weighted by molar-refractivity contribution is 5.94. The summed E-state index contributed by atoms with van der Waals surface area (Å²) in [5, 5.41) is 12.7. The lowest BCUT2D eigenvalue weighted by Gasteiger charge is -2.29. The molecule has 1 aliphatic carbocycles. The number of rotatable bonds is 4. The zero-order valence-electron chi connectivity index (χ0n) is 14.5. The summed E-state index contributed by atoms with van der Waals surface area (Å²) in [5.74, 6) is -0.130. The van der Waals surface area contributed by atoms with Gasteiger partial charge < -0.3 is 21.1 Å². The lowest BCUT2D eigenvalue weighted by Crippen LogP contribution is -2.44. The highest BCUT2D eigenvalue weighted by Crippen LogP contribution is 2.24. The third-order valence-electron chi connectivity index (χ3n) is 5.30. The fourth-order valence-electron chi connectivity index (χ4n) is 3.61. The highest BCUT2D eigenvalue weighted by atomic mass is 16.3. The second-order valence-electron chi connectivity index (χ2n) is 7.16. The SMILES string of the molecule is N[C@H]1CC[C@H](C(=O)NCc2ccc(C(=O)N3CCCC3)cc2)C[C@@H]1O. The molecule has 0 radical (unpaired) electrons. The molecule has 3 rings (SSSR count). The van der Waals surface area contributed by atoms with Crippen molar-refractivity contribution < 1.29 is 14.7 Å². The number of amides is 2. The van der Waals surface area contributed by atoms with Crippen LogP contribution in [0.1, 0.15) is 48.0 Å². The van der Waals surface area contributed by atoms with E-state index in [9.17, 15) is 14.7 Å². The van der Waals surface area contributed by atoms with Gasteiger partial charge in [-0.1, -0.05) is 12.1 Å². The molecule has 1 saturated carbocycles. The molecule has 6 heteroatoms. The molecule has 1 saturated heterocycles. The number of carbonyl (C=O) groups excluding carboxylic acids is 2. The molecule has 4 N–H and O–H groups in total. The number of aliphatic hydroxyl groups excluding tert-OH is 1. The first-order chi connectivity index (χ1) is 12.0. The van der Waals surface area contributed by atoms with Gasteiger partial charge in [0.1, 0.15) is 0 Å². The van der Waals surface area contributed by atoms with Gasteiger partial charge in [-0.05, 0) is 49.8 Å². The van der Waals surface area contributed by atoms with Crippen LogP contribution in [0.3, 0.4) is 0 Å². The van der Waals surface area contributed by atoms with Gasteiger partial charge in [-0.2, -0.15) is 0 Å². The molecule has 0 spiro atoms. The summed E-state index contributed by atoms with van der Waals surface area (Å²) in [6, 6.07) is 7.20. The van der Waals surface area contributed by atoms with Crippen molar-refractivity contribution in [3.05, 3.63) is 35.4 Å². The molecule has 1 aromatic rings. The molecular weight excluding hydrogens is 318 g/mol. The second kappa shape index (κ2) is 7.97. The largest absolute Gasteiger partial charge is 0.391 e. The van der Waals surface area contributed by atoms with E-state index >= 15 is 0 Å². The standard InChI is InChI=1S/C19H27N3O3/c20-16-8-7-15(11-17(16)23)18(24)21-12-13-3-5-14(6-4-13)19(25)22-9-1-2-10-22/h3-6,15-17,23H,1-2,7-12,20H2,(H,21,24)/t15-,16-,17-/m0/s1. The highest BCUT2D eigenvalue weighted by Gasteiger charge is 2.30. The number of hydrogen-bond acceptors (Lipinski definition) is 4. The minimum absolute atomic E-state index is 0.0387. The first-order valence-electron chi connectivity index (χ1n) is 9.14. The Bertz CT molecular complexity index is 611. The van der Waals surface area contributed by atoms with Crippen molar-refractivity contribution in [2.75, 3.05) is 13.1 Å². The minimum Gasteiger partial charge on any atom is -0.391 e. The molecule has 6 nitrogen and oxygen atoms in total. The summed E-state index contributed by atoms with van der Waals surface area (Å²) < 4.78 is 0. The van der Waals surface area contributed by atoms with Crippen LogP contribution in [0, 0.1) is 5.92 Å². The van der Waals surface area contributed by atoms with Crippen molar-refractivity contribution >= 4 is 11.8 Å². The number of nitrogens with two attached hydrogens (primary N) is 1. The van der Waals surface area contributed by atoms with E-state index in [1.165, 1.54) is 0 Å². The van der Waals surface area contributed by atoms with E-state index in [0.717, 1.165) is 31.5 Å². The Morgan fingerprint density at radius 1 is 1.16 bits per heavy atom. The number of nitrogens with one attached hydrogen (secondary N) is 1. The predicted octanol–water partition coefficient (Wildman–Crippen LogP) is 1.03. The lowest BCUT2D eigenvalue weighted by molar-refractivity contribution is -0.127. The fourth-order valence-corrected chi connectivity index (χ4v) is 3.61. The zero-order valence-corrected chi connectivity index (χ0v) is 14.5. The minimum atomic E-state index is -0.597. The Hall–Kier alpha value is -1.92. The molecular formula is C19H27N3O3. The molecule has 3 atom stereocenters. The molecule has 2 aliphatic rings. The first kappa shape index (κ1) is 17.9. The fraction of sp³-hybridized carbons (Fsp3) is 0.579. The summed E-state index contributed by atoms with van der Waals surface area (Å²) in [4.78, 5) is 26.4.